The van der Waals surface area contributed by atoms with Gasteiger partial charge in [-0.05, 0) is 6.92 Å². The highest BCUT2D eigenvalue weighted by atomic mass is 32.2. The maximum absolute atomic E-state index is 11.9. The topological polar surface area (TPSA) is 90.9 Å². The number of hydrogen-bond donors (Lipinski definition) is 3. The van der Waals surface area contributed by atoms with E-state index in [0.29, 0.717) is 6.54 Å². The maximum atomic E-state index is 11.9. The quantitative estimate of drug-likeness (QED) is 0.652. The lowest BCUT2D eigenvalue weighted by atomic mass is 9.85. The second-order valence-electron chi connectivity index (χ2n) is 5.64. The summed E-state index contributed by atoms with van der Waals surface area (Å²) >= 11 is 1.95. The van der Waals surface area contributed by atoms with Gasteiger partial charge >= 0.3 is 12.0 Å². The van der Waals surface area contributed by atoms with E-state index >= 15 is 0 Å². The molecule has 2 heterocycles. The van der Waals surface area contributed by atoms with E-state index in [2.05, 4.69) is 15.5 Å². The average molecular weight is 317 g/mol. The first-order chi connectivity index (χ1) is 10.0. The largest absolute Gasteiger partial charge is 0.481 e. The minimum absolute atomic E-state index is 0.124. The molecule has 0 spiro atoms. The molecule has 2 aliphatic heterocycles. The Labute approximate surface area is 128 Å². The van der Waals surface area contributed by atoms with Gasteiger partial charge in [0.05, 0.1) is 19.3 Å². The van der Waals surface area contributed by atoms with Gasteiger partial charge in [-0.1, -0.05) is 0 Å². The van der Waals surface area contributed by atoms with Crippen LogP contribution in [0.15, 0.2) is 0 Å². The number of carbonyl (C=O) groups excluding carboxylic acids is 1. The SMILES string of the molecule is CC1(C(=O)O)COCC1NC(=O)NCCN1CCSCC1. The monoisotopic (exact) mass is 317 g/mol. The Hall–Kier alpha value is -0.990. The zero-order chi connectivity index (χ0) is 15.3. The first-order valence-corrected chi connectivity index (χ1v) is 8.33. The highest BCUT2D eigenvalue weighted by Gasteiger charge is 2.47. The van der Waals surface area contributed by atoms with Crippen LogP contribution in [-0.4, -0.2) is 78.9 Å². The molecule has 2 fully saturated rings. The van der Waals surface area contributed by atoms with Crippen molar-refractivity contribution in [2.75, 3.05) is 50.9 Å². The Bertz CT molecular complexity index is 390. The highest BCUT2D eigenvalue weighted by Crippen LogP contribution is 2.28. The molecular weight excluding hydrogens is 294 g/mol. The van der Waals surface area contributed by atoms with E-state index in [-0.39, 0.29) is 19.2 Å². The molecule has 3 N–H and O–H groups in total. The number of nitrogens with zero attached hydrogens (tertiary/aromatic N) is 1. The fourth-order valence-electron chi connectivity index (χ4n) is 2.45. The van der Waals surface area contributed by atoms with Crippen LogP contribution in [0.25, 0.3) is 0 Å². The smallest absolute Gasteiger partial charge is 0.315 e. The molecule has 0 bridgehead atoms. The van der Waals surface area contributed by atoms with Crippen molar-refractivity contribution in [2.45, 2.75) is 13.0 Å². The summed E-state index contributed by atoms with van der Waals surface area (Å²) in [6, 6.07) is -0.828. The molecule has 8 heteroatoms. The fourth-order valence-corrected chi connectivity index (χ4v) is 3.43. The van der Waals surface area contributed by atoms with Crippen LogP contribution in [-0.2, 0) is 9.53 Å². The van der Waals surface area contributed by atoms with Crippen molar-refractivity contribution >= 4 is 23.8 Å². The lowest BCUT2D eigenvalue weighted by Crippen LogP contribution is -2.53. The van der Waals surface area contributed by atoms with E-state index in [1.54, 1.807) is 6.92 Å². The van der Waals surface area contributed by atoms with Crippen molar-refractivity contribution in [3.63, 3.8) is 0 Å². The van der Waals surface area contributed by atoms with Gasteiger partial charge < -0.3 is 20.5 Å². The average Bonchev–Trinajstić information content (AvgIpc) is 2.83. The summed E-state index contributed by atoms with van der Waals surface area (Å²) < 4.78 is 5.20. The molecule has 2 amide bonds. The first-order valence-electron chi connectivity index (χ1n) is 7.18. The van der Waals surface area contributed by atoms with E-state index in [4.69, 9.17) is 4.74 Å². The number of carbonyl (C=O) groups is 2. The second-order valence-corrected chi connectivity index (χ2v) is 6.87. The normalized spacial score (nSPS) is 30.0. The van der Waals surface area contributed by atoms with E-state index in [0.717, 1.165) is 31.1 Å². The number of aliphatic carboxylic acids is 1. The predicted molar refractivity (Wildman–Crippen MR) is 80.6 cm³/mol. The summed E-state index contributed by atoms with van der Waals surface area (Å²) in [6.07, 6.45) is 0. The van der Waals surface area contributed by atoms with Gasteiger partial charge in [-0.3, -0.25) is 9.69 Å². The molecule has 21 heavy (non-hydrogen) atoms. The van der Waals surface area contributed by atoms with Gasteiger partial charge in [0.15, 0.2) is 0 Å². The zero-order valence-electron chi connectivity index (χ0n) is 12.3. The van der Waals surface area contributed by atoms with E-state index in [1.807, 2.05) is 11.8 Å². The number of carboxylic acid groups (broad SMARTS) is 1. The van der Waals surface area contributed by atoms with Gasteiger partial charge in [0.25, 0.3) is 0 Å². The Kier molecular flexibility index (Phi) is 5.72. The molecule has 2 unspecified atom stereocenters. The molecule has 2 saturated heterocycles. The van der Waals surface area contributed by atoms with Crippen molar-refractivity contribution < 1.29 is 19.4 Å². The van der Waals surface area contributed by atoms with Crippen LogP contribution < -0.4 is 10.6 Å². The maximum Gasteiger partial charge on any atom is 0.315 e. The van der Waals surface area contributed by atoms with Gasteiger partial charge in [0.1, 0.15) is 5.41 Å². The number of rotatable bonds is 5. The number of amides is 2. The summed E-state index contributed by atoms with van der Waals surface area (Å²) in [5.74, 6) is 1.33. The Balaban J connectivity index is 1.70. The van der Waals surface area contributed by atoms with E-state index in [9.17, 15) is 14.7 Å². The number of hydrogen-bond acceptors (Lipinski definition) is 5. The minimum Gasteiger partial charge on any atom is -0.481 e. The van der Waals surface area contributed by atoms with Crippen LogP contribution in [0.3, 0.4) is 0 Å². The Morgan fingerprint density at radius 2 is 2.14 bits per heavy atom. The third-order valence-corrected chi connectivity index (χ3v) is 5.01. The van der Waals surface area contributed by atoms with Gasteiger partial charge in [0.2, 0.25) is 0 Å². The number of nitrogens with one attached hydrogen (secondary N) is 2. The lowest BCUT2D eigenvalue weighted by Gasteiger charge is -2.27. The standard InChI is InChI=1S/C13H23N3O4S/c1-13(11(17)18)9-20-8-10(13)15-12(19)14-2-3-16-4-6-21-7-5-16/h10H,2-9H2,1H3,(H,17,18)(H2,14,15,19). The van der Waals surface area contributed by atoms with Crippen LogP contribution in [0, 0.1) is 5.41 Å². The number of thioether (sulfide) groups is 1. The Morgan fingerprint density at radius 3 is 2.81 bits per heavy atom. The third kappa shape index (κ3) is 4.24. The van der Waals surface area contributed by atoms with Crippen molar-refractivity contribution in [3.05, 3.63) is 0 Å². The summed E-state index contributed by atoms with van der Waals surface area (Å²) in [4.78, 5) is 25.4. The summed E-state index contributed by atoms with van der Waals surface area (Å²) in [5, 5.41) is 14.7. The second kappa shape index (κ2) is 7.33. The molecule has 0 aromatic heterocycles. The zero-order valence-corrected chi connectivity index (χ0v) is 13.1. The molecule has 0 aromatic carbocycles. The molecule has 0 aromatic rings. The van der Waals surface area contributed by atoms with Crippen LogP contribution >= 0.6 is 11.8 Å². The molecule has 0 radical (unpaired) electrons. The van der Waals surface area contributed by atoms with Crippen molar-refractivity contribution in [3.8, 4) is 0 Å². The van der Waals surface area contributed by atoms with Crippen LogP contribution in [0.1, 0.15) is 6.92 Å². The fraction of sp³-hybridized carbons (Fsp3) is 0.846. The van der Waals surface area contributed by atoms with Crippen LogP contribution in [0.5, 0.6) is 0 Å². The van der Waals surface area contributed by atoms with Crippen molar-refractivity contribution in [1.29, 1.82) is 0 Å². The number of carboxylic acids is 1. The van der Waals surface area contributed by atoms with Crippen LogP contribution in [0.4, 0.5) is 4.79 Å². The molecule has 2 aliphatic rings. The first kappa shape index (κ1) is 16.4. The molecule has 120 valence electrons. The predicted octanol–water partition coefficient (Wildman–Crippen LogP) is -0.176. The molecule has 2 atom stereocenters. The van der Waals surface area contributed by atoms with Crippen molar-refractivity contribution in [1.82, 2.24) is 15.5 Å². The van der Waals surface area contributed by atoms with Gasteiger partial charge in [0, 0.05) is 37.7 Å². The van der Waals surface area contributed by atoms with Crippen LogP contribution in [0.2, 0.25) is 0 Å². The Morgan fingerprint density at radius 1 is 1.43 bits per heavy atom. The number of ether oxygens (including phenoxy) is 1. The molecule has 0 aliphatic carbocycles. The molecule has 0 saturated carbocycles. The summed E-state index contributed by atoms with van der Waals surface area (Å²) in [5.41, 5.74) is -1.05. The van der Waals surface area contributed by atoms with Crippen molar-refractivity contribution in [2.24, 2.45) is 5.41 Å². The van der Waals surface area contributed by atoms with E-state index in [1.165, 1.54) is 0 Å². The molecule has 2 rings (SSSR count). The van der Waals surface area contributed by atoms with Gasteiger partial charge in [-0.2, -0.15) is 11.8 Å². The minimum atomic E-state index is -1.05. The van der Waals surface area contributed by atoms with Gasteiger partial charge in [-0.25, -0.2) is 4.79 Å². The highest BCUT2D eigenvalue weighted by molar-refractivity contribution is 7.99. The van der Waals surface area contributed by atoms with Gasteiger partial charge in [-0.15, -0.1) is 0 Å². The van der Waals surface area contributed by atoms with E-state index < -0.39 is 17.4 Å². The number of urea groups is 1. The lowest BCUT2D eigenvalue weighted by molar-refractivity contribution is -0.148. The summed E-state index contributed by atoms with van der Waals surface area (Å²) in [6.45, 7) is 5.46. The molecule has 7 nitrogen and oxygen atoms in total. The third-order valence-electron chi connectivity index (χ3n) is 4.07. The molecular formula is C13H23N3O4S. The summed E-state index contributed by atoms with van der Waals surface area (Å²) in [7, 11) is 0.